The number of benzene rings is 1. The number of rotatable bonds is 2. The van der Waals surface area contributed by atoms with Crippen molar-refractivity contribution >= 4 is 17.0 Å². The van der Waals surface area contributed by atoms with E-state index in [2.05, 4.69) is 21.9 Å². The molecule has 3 aromatic rings. The summed E-state index contributed by atoms with van der Waals surface area (Å²) in [5, 5.41) is 0. The van der Waals surface area contributed by atoms with Gasteiger partial charge in [0.15, 0.2) is 28.5 Å². The first-order chi connectivity index (χ1) is 11.0. The number of ether oxygens (including phenoxy) is 2. The van der Waals surface area contributed by atoms with E-state index in [1.54, 1.807) is 0 Å². The maximum Gasteiger partial charge on any atom is 0.231 e. The first-order valence-corrected chi connectivity index (χ1v) is 7.37. The molecular weight excluding hydrogens is 294 g/mol. The normalized spacial score (nSPS) is 13.0. The molecule has 0 spiro atoms. The fourth-order valence-electron chi connectivity index (χ4n) is 2.85. The lowest BCUT2D eigenvalue weighted by molar-refractivity contribution is 0.174. The fourth-order valence-corrected chi connectivity index (χ4v) is 2.85. The van der Waals surface area contributed by atoms with E-state index in [0.29, 0.717) is 23.6 Å². The Morgan fingerprint density at radius 3 is 2.65 bits per heavy atom. The minimum absolute atomic E-state index is 0.274. The van der Waals surface area contributed by atoms with Crippen LogP contribution in [0.5, 0.6) is 11.5 Å². The minimum Gasteiger partial charge on any atom is -0.454 e. The summed E-state index contributed by atoms with van der Waals surface area (Å²) in [7, 11) is 1.94. The molecule has 0 saturated carbocycles. The van der Waals surface area contributed by atoms with Gasteiger partial charge in [-0.1, -0.05) is 0 Å². The van der Waals surface area contributed by atoms with E-state index in [0.717, 1.165) is 34.1 Å². The van der Waals surface area contributed by atoms with E-state index >= 15 is 0 Å². The second kappa shape index (κ2) is 4.84. The molecule has 118 valence electrons. The van der Waals surface area contributed by atoms with Gasteiger partial charge in [-0.25, -0.2) is 15.0 Å². The first-order valence-electron chi connectivity index (χ1n) is 7.37. The fraction of sp³-hybridized carbons (Fsp3) is 0.312. The lowest BCUT2D eigenvalue weighted by Gasteiger charge is -2.07. The summed E-state index contributed by atoms with van der Waals surface area (Å²) >= 11 is 0. The van der Waals surface area contributed by atoms with Crippen LogP contribution in [0, 0.1) is 13.8 Å². The summed E-state index contributed by atoms with van der Waals surface area (Å²) in [4.78, 5) is 13.2. The van der Waals surface area contributed by atoms with Crippen molar-refractivity contribution in [2.24, 2.45) is 7.05 Å². The smallest absolute Gasteiger partial charge is 0.231 e. The number of fused-ring (bicyclic) bond motifs is 2. The molecule has 0 aliphatic carbocycles. The molecule has 23 heavy (non-hydrogen) atoms. The standard InChI is InChI=1S/C16H17N5O2/c1-8-4-11-12(23-7-22-11)5-10(8)6-13-20-14-15(17)18-9(2)19-16(14)21(13)3/h4-5H,6-7H2,1-3H3,(H2,17,18,19). The predicted molar refractivity (Wildman–Crippen MR) is 85.6 cm³/mol. The first kappa shape index (κ1) is 13.8. The van der Waals surface area contributed by atoms with Crippen molar-refractivity contribution in [1.82, 2.24) is 19.5 Å². The van der Waals surface area contributed by atoms with Crippen molar-refractivity contribution in [3.8, 4) is 11.5 Å². The summed E-state index contributed by atoms with van der Waals surface area (Å²) in [5.74, 6) is 3.51. The van der Waals surface area contributed by atoms with E-state index in [1.807, 2.05) is 30.7 Å². The van der Waals surface area contributed by atoms with Crippen LogP contribution in [0.2, 0.25) is 0 Å². The van der Waals surface area contributed by atoms with Crippen molar-refractivity contribution in [3.63, 3.8) is 0 Å². The lowest BCUT2D eigenvalue weighted by Crippen LogP contribution is -2.02. The van der Waals surface area contributed by atoms with Crippen LogP contribution in [0.25, 0.3) is 11.2 Å². The Labute approximate surface area is 133 Å². The van der Waals surface area contributed by atoms with Crippen molar-refractivity contribution < 1.29 is 9.47 Å². The third-order valence-corrected chi connectivity index (χ3v) is 4.13. The van der Waals surface area contributed by atoms with Gasteiger partial charge in [0, 0.05) is 13.5 Å². The molecule has 7 nitrogen and oxygen atoms in total. The second-order valence-corrected chi connectivity index (χ2v) is 5.72. The zero-order valence-electron chi connectivity index (χ0n) is 13.3. The van der Waals surface area contributed by atoms with Gasteiger partial charge >= 0.3 is 0 Å². The van der Waals surface area contributed by atoms with Gasteiger partial charge in [-0.15, -0.1) is 0 Å². The molecule has 0 bridgehead atoms. The Bertz CT molecular complexity index is 932. The number of hydrogen-bond acceptors (Lipinski definition) is 6. The van der Waals surface area contributed by atoms with Gasteiger partial charge in [-0.05, 0) is 37.1 Å². The van der Waals surface area contributed by atoms with E-state index in [1.165, 1.54) is 0 Å². The van der Waals surface area contributed by atoms with Gasteiger partial charge in [0.2, 0.25) is 6.79 Å². The molecule has 1 aliphatic heterocycles. The van der Waals surface area contributed by atoms with Crippen molar-refractivity contribution in [3.05, 3.63) is 34.9 Å². The Morgan fingerprint density at radius 1 is 1.13 bits per heavy atom. The quantitative estimate of drug-likeness (QED) is 0.777. The maximum atomic E-state index is 5.97. The largest absolute Gasteiger partial charge is 0.454 e. The molecule has 1 aliphatic rings. The van der Waals surface area contributed by atoms with Gasteiger partial charge in [-0.3, -0.25) is 0 Å². The third-order valence-electron chi connectivity index (χ3n) is 4.13. The van der Waals surface area contributed by atoms with Crippen LogP contribution in [0.15, 0.2) is 12.1 Å². The Hall–Kier alpha value is -2.83. The van der Waals surface area contributed by atoms with Crippen LogP contribution in [-0.4, -0.2) is 26.3 Å². The number of aryl methyl sites for hydroxylation is 3. The average Bonchev–Trinajstić information content (AvgIpc) is 3.06. The summed E-state index contributed by atoms with van der Waals surface area (Å²) in [6, 6.07) is 4.01. The van der Waals surface area contributed by atoms with Crippen LogP contribution in [0.4, 0.5) is 5.82 Å². The van der Waals surface area contributed by atoms with Crippen LogP contribution in [0.1, 0.15) is 22.8 Å². The van der Waals surface area contributed by atoms with E-state index < -0.39 is 0 Å². The topological polar surface area (TPSA) is 88.1 Å². The van der Waals surface area contributed by atoms with Crippen molar-refractivity contribution in [2.75, 3.05) is 12.5 Å². The SMILES string of the molecule is Cc1nc(N)c2nc(Cc3cc4c(cc3C)OCO4)n(C)c2n1. The highest BCUT2D eigenvalue weighted by Crippen LogP contribution is 2.35. The highest BCUT2D eigenvalue weighted by atomic mass is 16.7. The molecular formula is C16H17N5O2. The zero-order valence-corrected chi connectivity index (χ0v) is 13.3. The summed E-state index contributed by atoms with van der Waals surface area (Å²) in [5.41, 5.74) is 9.64. The Kier molecular flexibility index (Phi) is 2.90. The average molecular weight is 311 g/mol. The molecule has 0 amide bonds. The zero-order chi connectivity index (χ0) is 16.1. The van der Waals surface area contributed by atoms with E-state index in [-0.39, 0.29) is 6.79 Å². The molecule has 3 heterocycles. The number of imidazole rings is 1. The highest BCUT2D eigenvalue weighted by Gasteiger charge is 2.18. The number of anilines is 1. The second-order valence-electron chi connectivity index (χ2n) is 5.72. The summed E-state index contributed by atoms with van der Waals surface area (Å²) in [6.07, 6.45) is 0.661. The minimum atomic E-state index is 0.274. The molecule has 7 heteroatoms. The third kappa shape index (κ3) is 2.16. The number of nitrogens with two attached hydrogens (primary N) is 1. The molecule has 0 saturated heterocycles. The van der Waals surface area contributed by atoms with Gasteiger partial charge < -0.3 is 19.8 Å². The highest BCUT2D eigenvalue weighted by molar-refractivity contribution is 5.82. The van der Waals surface area contributed by atoms with Gasteiger partial charge in [0.1, 0.15) is 11.6 Å². The number of nitrogens with zero attached hydrogens (tertiary/aromatic N) is 4. The predicted octanol–water partition coefficient (Wildman–Crippen LogP) is 1.88. The van der Waals surface area contributed by atoms with E-state index in [4.69, 9.17) is 15.2 Å². The monoisotopic (exact) mass is 311 g/mol. The molecule has 0 fully saturated rings. The molecule has 2 aromatic heterocycles. The van der Waals surface area contributed by atoms with Gasteiger partial charge in [-0.2, -0.15) is 0 Å². The van der Waals surface area contributed by atoms with Gasteiger partial charge in [0.25, 0.3) is 0 Å². The van der Waals surface area contributed by atoms with Gasteiger partial charge in [0.05, 0.1) is 0 Å². The van der Waals surface area contributed by atoms with Crippen LogP contribution < -0.4 is 15.2 Å². The Balaban J connectivity index is 1.79. The lowest BCUT2D eigenvalue weighted by atomic mass is 10.0. The molecule has 4 rings (SSSR count). The summed E-state index contributed by atoms with van der Waals surface area (Å²) in [6.45, 7) is 4.15. The van der Waals surface area contributed by atoms with Crippen LogP contribution in [0.3, 0.4) is 0 Å². The number of nitrogen functional groups attached to an aromatic ring is 1. The molecule has 1 aromatic carbocycles. The van der Waals surface area contributed by atoms with Crippen molar-refractivity contribution in [1.29, 1.82) is 0 Å². The van der Waals surface area contributed by atoms with Crippen molar-refractivity contribution in [2.45, 2.75) is 20.3 Å². The Morgan fingerprint density at radius 2 is 1.87 bits per heavy atom. The molecule has 0 atom stereocenters. The molecule has 0 unspecified atom stereocenters. The number of aromatic nitrogens is 4. The van der Waals surface area contributed by atoms with Crippen LogP contribution in [-0.2, 0) is 13.5 Å². The van der Waals surface area contributed by atoms with E-state index in [9.17, 15) is 0 Å². The number of hydrogen-bond donors (Lipinski definition) is 1. The summed E-state index contributed by atoms with van der Waals surface area (Å²) < 4.78 is 12.8. The molecule has 2 N–H and O–H groups in total. The van der Waals surface area contributed by atoms with Crippen LogP contribution >= 0.6 is 0 Å². The maximum absolute atomic E-state index is 5.97. The molecule has 0 radical (unpaired) electrons.